The lowest BCUT2D eigenvalue weighted by Crippen LogP contribution is -2.26. The van der Waals surface area contributed by atoms with Gasteiger partial charge in [0, 0.05) is 13.6 Å². The summed E-state index contributed by atoms with van der Waals surface area (Å²) in [5.41, 5.74) is 0.739. The molecular weight excluding hydrogens is 166 g/mol. The van der Waals surface area contributed by atoms with E-state index < -0.39 is 6.10 Å². The average Bonchev–Trinajstić information content (AvgIpc) is 2.03. The molecule has 0 radical (unpaired) electrons. The first kappa shape index (κ1) is 9.86. The van der Waals surface area contributed by atoms with Crippen LogP contribution in [-0.4, -0.2) is 29.9 Å². The zero-order valence-electron chi connectivity index (χ0n) is 7.94. The number of benzene rings is 1. The predicted octanol–water partition coefficient (Wildman–Crippen LogP) is 1.21. The molecule has 0 saturated carbocycles. The quantitative estimate of drug-likeness (QED) is 0.736. The summed E-state index contributed by atoms with van der Waals surface area (Å²) >= 11 is 0. The predicted molar refractivity (Wildman–Crippen MR) is 53.1 cm³/mol. The molecule has 1 atom stereocenters. The van der Waals surface area contributed by atoms with Gasteiger partial charge < -0.3 is 15.1 Å². The van der Waals surface area contributed by atoms with Gasteiger partial charge in [-0.05, 0) is 19.1 Å². The molecule has 0 fully saturated rings. The van der Waals surface area contributed by atoms with Crippen molar-refractivity contribution in [1.29, 1.82) is 0 Å². The summed E-state index contributed by atoms with van der Waals surface area (Å²) in [4.78, 5) is 1.82. The minimum atomic E-state index is -0.399. The van der Waals surface area contributed by atoms with Crippen molar-refractivity contribution in [3.05, 3.63) is 24.3 Å². The third kappa shape index (κ3) is 2.63. The van der Waals surface area contributed by atoms with Crippen molar-refractivity contribution in [2.24, 2.45) is 0 Å². The second kappa shape index (κ2) is 4.14. The summed E-state index contributed by atoms with van der Waals surface area (Å²) in [5.74, 6) is 0.241. The molecule has 0 aliphatic rings. The monoisotopic (exact) mass is 181 g/mol. The molecule has 2 N–H and O–H groups in total. The number of nitrogens with zero attached hydrogens (tertiary/aromatic N) is 1. The van der Waals surface area contributed by atoms with Crippen LogP contribution in [0.4, 0.5) is 5.69 Å². The molecule has 0 aliphatic heterocycles. The first-order chi connectivity index (χ1) is 6.11. The summed E-state index contributed by atoms with van der Waals surface area (Å²) in [5, 5.41) is 18.6. The van der Waals surface area contributed by atoms with Gasteiger partial charge in [-0.15, -0.1) is 0 Å². The summed E-state index contributed by atoms with van der Waals surface area (Å²) in [6, 6.07) is 7.08. The number of para-hydroxylation sites is 2. The van der Waals surface area contributed by atoms with Gasteiger partial charge in [0.15, 0.2) is 0 Å². The highest BCUT2D eigenvalue weighted by molar-refractivity contribution is 5.56. The third-order valence-electron chi connectivity index (χ3n) is 1.83. The number of aliphatic hydroxyl groups is 1. The van der Waals surface area contributed by atoms with Crippen LogP contribution < -0.4 is 4.90 Å². The third-order valence-corrected chi connectivity index (χ3v) is 1.83. The number of rotatable bonds is 3. The number of hydrogen-bond donors (Lipinski definition) is 2. The lowest BCUT2D eigenvalue weighted by molar-refractivity contribution is 0.201. The van der Waals surface area contributed by atoms with E-state index in [9.17, 15) is 5.11 Å². The topological polar surface area (TPSA) is 43.7 Å². The Bertz CT molecular complexity index is 273. The molecule has 0 saturated heterocycles. The maximum Gasteiger partial charge on any atom is 0.138 e. The van der Waals surface area contributed by atoms with Gasteiger partial charge in [-0.2, -0.15) is 0 Å². The second-order valence-electron chi connectivity index (χ2n) is 3.22. The van der Waals surface area contributed by atoms with Crippen molar-refractivity contribution in [2.45, 2.75) is 13.0 Å². The highest BCUT2D eigenvalue weighted by Crippen LogP contribution is 2.24. The van der Waals surface area contributed by atoms with E-state index in [1.165, 1.54) is 0 Å². The Balaban J connectivity index is 2.76. The Labute approximate surface area is 78.2 Å². The molecule has 0 spiro atoms. The van der Waals surface area contributed by atoms with E-state index in [2.05, 4.69) is 0 Å². The molecule has 3 heteroatoms. The molecule has 0 bridgehead atoms. The van der Waals surface area contributed by atoms with E-state index in [-0.39, 0.29) is 5.75 Å². The van der Waals surface area contributed by atoms with E-state index in [0.717, 1.165) is 5.69 Å². The minimum absolute atomic E-state index is 0.241. The maximum atomic E-state index is 9.47. The van der Waals surface area contributed by atoms with Gasteiger partial charge >= 0.3 is 0 Å². The van der Waals surface area contributed by atoms with Crippen LogP contribution >= 0.6 is 0 Å². The molecule has 1 aromatic carbocycles. The average molecular weight is 181 g/mol. The van der Waals surface area contributed by atoms with Crippen LogP contribution in [0.3, 0.4) is 0 Å². The number of phenolic OH excluding ortho intramolecular Hbond substituents is 1. The zero-order valence-corrected chi connectivity index (χ0v) is 7.94. The largest absolute Gasteiger partial charge is 0.506 e. The zero-order chi connectivity index (χ0) is 9.84. The fourth-order valence-electron chi connectivity index (χ4n) is 1.28. The Morgan fingerprint density at radius 3 is 2.54 bits per heavy atom. The van der Waals surface area contributed by atoms with E-state index in [1.807, 2.05) is 24.1 Å². The van der Waals surface area contributed by atoms with Crippen LogP contribution in [0.25, 0.3) is 0 Å². The van der Waals surface area contributed by atoms with Crippen LogP contribution in [0.5, 0.6) is 5.75 Å². The molecule has 1 rings (SSSR count). The van der Waals surface area contributed by atoms with Gasteiger partial charge in [0.2, 0.25) is 0 Å². The molecule has 3 nitrogen and oxygen atoms in total. The standard InChI is InChI=1S/C10H15NO2/c1-8(12)7-11(2)9-5-3-4-6-10(9)13/h3-6,8,12-13H,7H2,1-2H3. The van der Waals surface area contributed by atoms with Crippen molar-refractivity contribution in [1.82, 2.24) is 0 Å². The number of aliphatic hydroxyl groups excluding tert-OH is 1. The van der Waals surface area contributed by atoms with E-state index in [4.69, 9.17) is 5.11 Å². The first-order valence-corrected chi connectivity index (χ1v) is 4.28. The van der Waals surface area contributed by atoms with Gasteiger partial charge in [0.25, 0.3) is 0 Å². The van der Waals surface area contributed by atoms with Gasteiger partial charge in [-0.1, -0.05) is 12.1 Å². The molecular formula is C10H15NO2. The van der Waals surface area contributed by atoms with Crippen LogP contribution in [0, 0.1) is 0 Å². The Hall–Kier alpha value is -1.22. The molecule has 13 heavy (non-hydrogen) atoms. The molecule has 1 unspecified atom stereocenters. The molecule has 0 aliphatic carbocycles. The van der Waals surface area contributed by atoms with Gasteiger partial charge in [0.05, 0.1) is 11.8 Å². The minimum Gasteiger partial charge on any atom is -0.506 e. The molecule has 0 aromatic heterocycles. The van der Waals surface area contributed by atoms with Crippen molar-refractivity contribution in [3.8, 4) is 5.75 Å². The van der Waals surface area contributed by atoms with Gasteiger partial charge in [-0.25, -0.2) is 0 Å². The second-order valence-corrected chi connectivity index (χ2v) is 3.22. The van der Waals surface area contributed by atoms with Gasteiger partial charge in [0.1, 0.15) is 5.75 Å². The summed E-state index contributed by atoms with van der Waals surface area (Å²) in [6.45, 7) is 2.23. The Morgan fingerprint density at radius 1 is 1.38 bits per heavy atom. The molecule has 1 aromatic rings. The number of likely N-dealkylation sites (N-methyl/N-ethyl adjacent to an activating group) is 1. The SMILES string of the molecule is CC(O)CN(C)c1ccccc1O. The normalized spacial score (nSPS) is 12.5. The first-order valence-electron chi connectivity index (χ1n) is 4.28. The number of anilines is 1. The van der Waals surface area contributed by atoms with E-state index >= 15 is 0 Å². The van der Waals surface area contributed by atoms with Crippen molar-refractivity contribution >= 4 is 5.69 Å². The van der Waals surface area contributed by atoms with Crippen LogP contribution in [0.15, 0.2) is 24.3 Å². The van der Waals surface area contributed by atoms with Crippen molar-refractivity contribution in [2.75, 3.05) is 18.5 Å². The lowest BCUT2D eigenvalue weighted by Gasteiger charge is -2.21. The number of phenols is 1. The number of hydrogen-bond acceptors (Lipinski definition) is 3. The molecule has 0 amide bonds. The summed E-state index contributed by atoms with van der Waals surface area (Å²) < 4.78 is 0. The fraction of sp³-hybridized carbons (Fsp3) is 0.400. The molecule has 72 valence electrons. The summed E-state index contributed by atoms with van der Waals surface area (Å²) in [6.07, 6.45) is -0.399. The highest BCUT2D eigenvalue weighted by Gasteiger charge is 2.07. The summed E-state index contributed by atoms with van der Waals surface area (Å²) in [7, 11) is 1.84. The smallest absolute Gasteiger partial charge is 0.138 e. The van der Waals surface area contributed by atoms with Crippen molar-refractivity contribution in [3.63, 3.8) is 0 Å². The van der Waals surface area contributed by atoms with Crippen molar-refractivity contribution < 1.29 is 10.2 Å². The van der Waals surface area contributed by atoms with Crippen LogP contribution in [-0.2, 0) is 0 Å². The van der Waals surface area contributed by atoms with E-state index in [0.29, 0.717) is 6.54 Å². The highest BCUT2D eigenvalue weighted by atomic mass is 16.3. The van der Waals surface area contributed by atoms with Crippen LogP contribution in [0.1, 0.15) is 6.92 Å². The lowest BCUT2D eigenvalue weighted by atomic mass is 10.2. The van der Waals surface area contributed by atoms with Gasteiger partial charge in [-0.3, -0.25) is 0 Å². The Kier molecular flexibility index (Phi) is 3.14. The number of aromatic hydroxyl groups is 1. The van der Waals surface area contributed by atoms with Crippen LogP contribution in [0.2, 0.25) is 0 Å². The molecule has 0 heterocycles. The Morgan fingerprint density at radius 2 is 2.00 bits per heavy atom. The fourth-order valence-corrected chi connectivity index (χ4v) is 1.28. The maximum absolute atomic E-state index is 9.47. The van der Waals surface area contributed by atoms with E-state index in [1.54, 1.807) is 19.1 Å².